The van der Waals surface area contributed by atoms with Crippen molar-refractivity contribution in [1.82, 2.24) is 0 Å². The van der Waals surface area contributed by atoms with Crippen LogP contribution in [0.5, 0.6) is 0 Å². The predicted molar refractivity (Wildman–Crippen MR) is 54.4 cm³/mol. The normalized spacial score (nSPS) is 19.5. The highest BCUT2D eigenvalue weighted by Gasteiger charge is 2.15. The average molecular weight is 315 g/mol. The van der Waals surface area contributed by atoms with Crippen LogP contribution >= 0.6 is 15.9 Å². The lowest BCUT2D eigenvalue weighted by Crippen LogP contribution is -3.00. The molecular weight excluding hydrogens is 298 g/mol. The van der Waals surface area contributed by atoms with Crippen molar-refractivity contribution in [3.8, 4) is 0 Å². The second-order valence-corrected chi connectivity index (χ2v) is 4.54. The van der Waals surface area contributed by atoms with Crippen molar-refractivity contribution in [2.45, 2.75) is 18.7 Å². The van der Waals surface area contributed by atoms with E-state index in [1.165, 1.54) is 0 Å². The van der Waals surface area contributed by atoms with E-state index in [0.29, 0.717) is 10.7 Å². The lowest BCUT2D eigenvalue weighted by atomic mass is 10.1. The first-order valence-corrected chi connectivity index (χ1v) is 5.42. The topological polar surface area (TPSA) is 12.2 Å². The molecule has 1 aliphatic heterocycles. The molecule has 0 N–H and O–H groups in total. The van der Waals surface area contributed by atoms with Crippen LogP contribution in [0.3, 0.4) is 0 Å². The van der Waals surface area contributed by atoms with E-state index in [4.69, 9.17) is 4.74 Å². The zero-order valence-corrected chi connectivity index (χ0v) is 11.3. The molecule has 4 heteroatoms. The number of rotatable bonds is 2. The highest BCUT2D eigenvalue weighted by molar-refractivity contribution is 9.09. The van der Waals surface area contributed by atoms with Crippen LogP contribution in [0.4, 0.5) is 0 Å². The van der Waals surface area contributed by atoms with Gasteiger partial charge < -0.3 is 21.7 Å². The molecule has 1 saturated heterocycles. The Morgan fingerprint density at radius 1 is 1.31 bits per heavy atom. The summed E-state index contributed by atoms with van der Waals surface area (Å²) >= 11 is 3.64. The van der Waals surface area contributed by atoms with Crippen LogP contribution in [0.15, 0.2) is 0 Å². The van der Waals surface area contributed by atoms with Crippen molar-refractivity contribution in [2.24, 2.45) is 5.92 Å². The maximum absolute atomic E-state index is 5.26. The molecule has 0 saturated carbocycles. The van der Waals surface area contributed by atoms with Gasteiger partial charge in [0.2, 0.25) is 0 Å². The van der Waals surface area contributed by atoms with E-state index in [0.717, 1.165) is 26.3 Å². The van der Waals surface area contributed by atoms with Crippen LogP contribution < -0.4 is 17.0 Å². The van der Waals surface area contributed by atoms with Gasteiger partial charge in [-0.2, -0.15) is 0 Å². The molecule has 0 radical (unpaired) electrons. The monoisotopic (exact) mass is 313 g/mol. The molecule has 0 aromatic carbocycles. The molecule has 0 aromatic rings. The molecular formula is C9H17Br2NO. The number of hydrogen-bond acceptors (Lipinski definition) is 1. The highest BCUT2D eigenvalue weighted by atomic mass is 79.9. The molecule has 0 spiro atoms. The summed E-state index contributed by atoms with van der Waals surface area (Å²) in [6.45, 7) is 8.25. The van der Waals surface area contributed by atoms with Gasteiger partial charge in [0, 0.05) is 0 Å². The van der Waals surface area contributed by atoms with Crippen molar-refractivity contribution in [3.05, 3.63) is 0 Å². The maximum atomic E-state index is 5.26. The van der Waals surface area contributed by atoms with Gasteiger partial charge in [0.05, 0.1) is 4.83 Å². The van der Waals surface area contributed by atoms with Crippen molar-refractivity contribution in [3.63, 3.8) is 0 Å². The molecule has 2 nitrogen and oxygen atoms in total. The van der Waals surface area contributed by atoms with Gasteiger partial charge >= 0.3 is 0 Å². The third-order valence-corrected chi connectivity index (χ3v) is 3.33. The zero-order chi connectivity index (χ0) is 8.97. The van der Waals surface area contributed by atoms with Crippen molar-refractivity contribution >= 4 is 22.1 Å². The first kappa shape index (κ1) is 13.6. The minimum atomic E-state index is 0. The Morgan fingerprint density at radius 2 is 1.85 bits per heavy atom. The Balaban J connectivity index is 0.00000144. The summed E-state index contributed by atoms with van der Waals surface area (Å²) in [5.74, 6) is 0.660. The molecule has 1 unspecified atom stereocenters. The molecule has 0 amide bonds. The molecule has 78 valence electrons. The molecule has 0 aromatic heterocycles. The van der Waals surface area contributed by atoms with Gasteiger partial charge in [0.1, 0.15) is 13.2 Å². The zero-order valence-electron chi connectivity index (χ0n) is 8.17. The Kier molecular flexibility index (Phi) is 7.27. The summed E-state index contributed by atoms with van der Waals surface area (Å²) in [4.78, 5) is 0.496. The third-order valence-electron chi connectivity index (χ3n) is 2.04. The van der Waals surface area contributed by atoms with Gasteiger partial charge in [-0.25, -0.2) is 4.58 Å². The quantitative estimate of drug-likeness (QED) is 0.447. The Morgan fingerprint density at radius 3 is 2.31 bits per heavy atom. The minimum absolute atomic E-state index is 0. The summed E-state index contributed by atoms with van der Waals surface area (Å²) in [6.07, 6.45) is 2.27. The molecule has 0 bridgehead atoms. The van der Waals surface area contributed by atoms with Gasteiger partial charge in [0.25, 0.3) is 0 Å². The van der Waals surface area contributed by atoms with E-state index in [-0.39, 0.29) is 17.0 Å². The Labute approximate surface area is 99.3 Å². The lowest BCUT2D eigenvalue weighted by Gasteiger charge is -2.13. The summed E-state index contributed by atoms with van der Waals surface area (Å²) < 4.78 is 7.60. The largest absolute Gasteiger partial charge is 1.00 e. The van der Waals surface area contributed by atoms with Crippen LogP contribution in [-0.4, -0.2) is 41.9 Å². The van der Waals surface area contributed by atoms with E-state index in [2.05, 4.69) is 40.6 Å². The second-order valence-electron chi connectivity index (χ2n) is 3.49. The summed E-state index contributed by atoms with van der Waals surface area (Å²) in [5.41, 5.74) is 0. The van der Waals surface area contributed by atoms with Crippen molar-refractivity contribution < 1.29 is 26.3 Å². The van der Waals surface area contributed by atoms with Gasteiger partial charge in [0.15, 0.2) is 19.3 Å². The van der Waals surface area contributed by atoms with E-state index in [1.54, 1.807) is 0 Å². The third kappa shape index (κ3) is 5.13. The summed E-state index contributed by atoms with van der Waals surface area (Å²) in [6, 6.07) is 0. The Bertz CT molecular complexity index is 163. The molecule has 1 aliphatic rings. The SMILES string of the molecule is CC(C)C(Br)C=[N+]1CCOCC1.[Br-]. The van der Waals surface area contributed by atoms with E-state index >= 15 is 0 Å². The standard InChI is InChI=1S/C9H17BrNO.BrH/c1-8(2)9(10)7-11-3-5-12-6-4-11;/h7-9H,3-6H2,1-2H3;1H/q+1;/p-1. The van der Waals surface area contributed by atoms with Gasteiger partial charge in [-0.3, -0.25) is 0 Å². The number of hydrogen-bond donors (Lipinski definition) is 0. The van der Waals surface area contributed by atoms with Crippen LogP contribution in [0.2, 0.25) is 0 Å². The summed E-state index contributed by atoms with van der Waals surface area (Å²) in [5, 5.41) is 0. The lowest BCUT2D eigenvalue weighted by molar-refractivity contribution is -0.545. The van der Waals surface area contributed by atoms with E-state index in [9.17, 15) is 0 Å². The first-order valence-electron chi connectivity index (χ1n) is 4.51. The fourth-order valence-electron chi connectivity index (χ4n) is 1.10. The minimum Gasteiger partial charge on any atom is -1.00 e. The number of ether oxygens (including phenoxy) is 1. The maximum Gasteiger partial charge on any atom is 0.165 e. The molecule has 1 heterocycles. The second kappa shape index (κ2) is 6.96. The number of alkyl halides is 1. The molecule has 13 heavy (non-hydrogen) atoms. The molecule has 1 rings (SSSR count). The highest BCUT2D eigenvalue weighted by Crippen LogP contribution is 2.09. The van der Waals surface area contributed by atoms with Gasteiger partial charge in [-0.1, -0.05) is 29.8 Å². The van der Waals surface area contributed by atoms with E-state index in [1.807, 2.05) is 0 Å². The molecule has 0 aliphatic carbocycles. The number of halogens is 2. The summed E-state index contributed by atoms with van der Waals surface area (Å²) in [7, 11) is 0. The number of morpholine rings is 1. The van der Waals surface area contributed by atoms with Crippen LogP contribution in [0.25, 0.3) is 0 Å². The Hall–Kier alpha value is 0.590. The smallest absolute Gasteiger partial charge is 0.165 e. The van der Waals surface area contributed by atoms with Crippen LogP contribution in [-0.2, 0) is 4.74 Å². The fraction of sp³-hybridized carbons (Fsp3) is 0.889. The van der Waals surface area contributed by atoms with Gasteiger partial charge in [-0.15, -0.1) is 0 Å². The molecule has 1 atom stereocenters. The van der Waals surface area contributed by atoms with Crippen LogP contribution in [0.1, 0.15) is 13.8 Å². The first-order chi connectivity index (χ1) is 5.70. The van der Waals surface area contributed by atoms with Gasteiger partial charge in [-0.05, 0) is 5.92 Å². The van der Waals surface area contributed by atoms with Crippen molar-refractivity contribution in [1.29, 1.82) is 0 Å². The predicted octanol–water partition coefficient (Wildman–Crippen LogP) is -1.48. The van der Waals surface area contributed by atoms with E-state index < -0.39 is 0 Å². The average Bonchev–Trinajstić information content (AvgIpc) is 2.06. The van der Waals surface area contributed by atoms with Crippen molar-refractivity contribution in [2.75, 3.05) is 26.3 Å². The number of nitrogens with zero attached hydrogens (tertiary/aromatic N) is 1. The fourth-order valence-corrected chi connectivity index (χ4v) is 1.43. The molecule has 1 fully saturated rings. The van der Waals surface area contributed by atoms with Crippen LogP contribution in [0, 0.1) is 5.92 Å².